The zero-order valence-corrected chi connectivity index (χ0v) is 20.3. The number of rotatable bonds is 9. The van der Waals surface area contributed by atoms with Gasteiger partial charge in [-0.25, -0.2) is 23.1 Å². The Kier molecular flexibility index (Phi) is 10.9. The topological polar surface area (TPSA) is 95.5 Å². The summed E-state index contributed by atoms with van der Waals surface area (Å²) in [5.41, 5.74) is 1.96. The van der Waals surface area contributed by atoms with E-state index in [1.54, 1.807) is 11.3 Å². The van der Waals surface area contributed by atoms with Crippen LogP contribution in [-0.4, -0.2) is 38.2 Å². The van der Waals surface area contributed by atoms with Crippen LogP contribution < -0.4 is 15.4 Å². The average molecular weight is 537 g/mol. The van der Waals surface area contributed by atoms with Crippen molar-refractivity contribution in [2.45, 2.75) is 33.9 Å². The number of halogens is 1. The van der Waals surface area contributed by atoms with Crippen molar-refractivity contribution in [2.75, 3.05) is 18.8 Å². The maximum absolute atomic E-state index is 12.1. The SMILES string of the molecule is CCNC(=NCc1nc(C)c(C)s1)NCCS(=O)(=O)NCc1ccccc1.I. The monoisotopic (exact) mass is 537 g/mol. The summed E-state index contributed by atoms with van der Waals surface area (Å²) >= 11 is 1.63. The Morgan fingerprint density at radius 3 is 2.50 bits per heavy atom. The van der Waals surface area contributed by atoms with E-state index in [0.29, 0.717) is 25.6 Å². The van der Waals surface area contributed by atoms with E-state index in [4.69, 9.17) is 0 Å². The maximum atomic E-state index is 12.1. The average Bonchev–Trinajstić information content (AvgIpc) is 2.97. The molecule has 1 aromatic carbocycles. The molecule has 2 rings (SSSR count). The highest BCUT2D eigenvalue weighted by atomic mass is 127. The molecule has 10 heteroatoms. The third-order valence-electron chi connectivity index (χ3n) is 3.79. The molecule has 0 aliphatic carbocycles. The Morgan fingerprint density at radius 2 is 1.89 bits per heavy atom. The van der Waals surface area contributed by atoms with Crippen LogP contribution in [0, 0.1) is 13.8 Å². The number of guanidine groups is 1. The predicted molar refractivity (Wildman–Crippen MR) is 127 cm³/mol. The Labute approximate surface area is 188 Å². The summed E-state index contributed by atoms with van der Waals surface area (Å²) in [4.78, 5) is 10.1. The van der Waals surface area contributed by atoms with E-state index in [0.717, 1.165) is 16.3 Å². The first-order valence-corrected chi connectivity index (χ1v) is 11.3. The molecule has 0 unspecified atom stereocenters. The van der Waals surface area contributed by atoms with Crippen LogP contribution in [0.3, 0.4) is 0 Å². The molecular formula is C18H28IN5O2S2. The molecule has 0 atom stereocenters. The van der Waals surface area contributed by atoms with Gasteiger partial charge in [-0.1, -0.05) is 30.3 Å². The summed E-state index contributed by atoms with van der Waals surface area (Å²) in [6.45, 7) is 7.71. The van der Waals surface area contributed by atoms with Gasteiger partial charge < -0.3 is 10.6 Å². The molecule has 0 saturated carbocycles. The quantitative estimate of drug-likeness (QED) is 0.260. The van der Waals surface area contributed by atoms with Crippen LogP contribution in [0.4, 0.5) is 0 Å². The van der Waals surface area contributed by atoms with Gasteiger partial charge in [0.25, 0.3) is 0 Å². The number of sulfonamides is 1. The van der Waals surface area contributed by atoms with Crippen molar-refractivity contribution in [1.29, 1.82) is 0 Å². The van der Waals surface area contributed by atoms with E-state index in [-0.39, 0.29) is 36.3 Å². The smallest absolute Gasteiger partial charge is 0.213 e. The van der Waals surface area contributed by atoms with Gasteiger partial charge in [0, 0.05) is 24.5 Å². The molecule has 0 bridgehead atoms. The molecule has 0 aliphatic rings. The zero-order valence-electron chi connectivity index (χ0n) is 16.4. The Morgan fingerprint density at radius 1 is 1.18 bits per heavy atom. The van der Waals surface area contributed by atoms with Crippen molar-refractivity contribution in [3.05, 3.63) is 51.5 Å². The van der Waals surface area contributed by atoms with Gasteiger partial charge in [-0.3, -0.25) is 0 Å². The predicted octanol–water partition coefficient (Wildman–Crippen LogP) is 2.55. The number of aryl methyl sites for hydroxylation is 2. The van der Waals surface area contributed by atoms with Crippen LogP contribution >= 0.6 is 35.3 Å². The summed E-state index contributed by atoms with van der Waals surface area (Å²) in [7, 11) is -3.37. The van der Waals surface area contributed by atoms with E-state index in [9.17, 15) is 8.42 Å². The van der Waals surface area contributed by atoms with Crippen molar-refractivity contribution >= 4 is 51.3 Å². The minimum absolute atomic E-state index is 0. The van der Waals surface area contributed by atoms with E-state index in [1.807, 2.05) is 51.1 Å². The second-order valence-corrected chi connectivity index (χ2v) is 9.21. The Hall–Kier alpha value is -1.24. The highest BCUT2D eigenvalue weighted by Crippen LogP contribution is 2.16. The Balaban J connectivity index is 0.00000392. The molecule has 0 radical (unpaired) electrons. The fraction of sp³-hybridized carbons (Fsp3) is 0.444. The maximum Gasteiger partial charge on any atom is 0.213 e. The van der Waals surface area contributed by atoms with Crippen molar-refractivity contribution < 1.29 is 8.42 Å². The molecule has 7 nitrogen and oxygen atoms in total. The first-order chi connectivity index (χ1) is 12.9. The fourth-order valence-corrected chi connectivity index (χ4v) is 4.02. The molecule has 0 fully saturated rings. The second kappa shape index (κ2) is 12.3. The second-order valence-electron chi connectivity index (χ2n) is 6.00. The molecule has 0 spiro atoms. The van der Waals surface area contributed by atoms with Crippen LogP contribution in [0.1, 0.15) is 28.1 Å². The lowest BCUT2D eigenvalue weighted by atomic mass is 10.2. The molecule has 0 amide bonds. The van der Waals surface area contributed by atoms with Gasteiger partial charge in [0.1, 0.15) is 5.01 Å². The lowest BCUT2D eigenvalue weighted by molar-refractivity contribution is 0.580. The number of hydrogen-bond donors (Lipinski definition) is 3. The minimum Gasteiger partial charge on any atom is -0.357 e. The first-order valence-electron chi connectivity index (χ1n) is 8.86. The number of thiazole rings is 1. The number of nitrogens with one attached hydrogen (secondary N) is 3. The van der Waals surface area contributed by atoms with Gasteiger partial charge in [-0.15, -0.1) is 35.3 Å². The van der Waals surface area contributed by atoms with Gasteiger partial charge in [0.15, 0.2) is 5.96 Å². The number of nitrogens with zero attached hydrogens (tertiary/aromatic N) is 2. The molecule has 156 valence electrons. The van der Waals surface area contributed by atoms with Gasteiger partial charge in [0.2, 0.25) is 10.0 Å². The highest BCUT2D eigenvalue weighted by molar-refractivity contribution is 14.0. The van der Waals surface area contributed by atoms with E-state index in [2.05, 4.69) is 25.3 Å². The molecule has 3 N–H and O–H groups in total. The number of hydrogen-bond acceptors (Lipinski definition) is 5. The standard InChI is InChI=1S/C18H27N5O2S2.HI/c1-4-19-18(21-13-17-23-14(2)15(3)26-17)20-10-11-27(24,25)22-12-16-8-6-5-7-9-16;/h5-9,22H,4,10-13H2,1-3H3,(H2,19,20,21);1H. The molecular weight excluding hydrogens is 509 g/mol. The number of aromatic nitrogens is 1. The van der Waals surface area contributed by atoms with Crippen LogP contribution in [0.2, 0.25) is 0 Å². The lowest BCUT2D eigenvalue weighted by Gasteiger charge is -2.12. The van der Waals surface area contributed by atoms with Gasteiger partial charge in [-0.05, 0) is 26.3 Å². The summed E-state index contributed by atoms with van der Waals surface area (Å²) in [6, 6.07) is 9.45. The first kappa shape index (κ1) is 24.8. The fourth-order valence-electron chi connectivity index (χ4n) is 2.26. The van der Waals surface area contributed by atoms with Gasteiger partial charge in [-0.2, -0.15) is 0 Å². The number of aliphatic imine (C=N–C) groups is 1. The third-order valence-corrected chi connectivity index (χ3v) is 6.18. The molecule has 1 aromatic heterocycles. The van der Waals surface area contributed by atoms with Crippen LogP contribution in [0.5, 0.6) is 0 Å². The molecule has 28 heavy (non-hydrogen) atoms. The van der Waals surface area contributed by atoms with Crippen molar-refractivity contribution in [2.24, 2.45) is 4.99 Å². The molecule has 2 aromatic rings. The van der Waals surface area contributed by atoms with Crippen LogP contribution in [0.25, 0.3) is 0 Å². The molecule has 0 aliphatic heterocycles. The minimum atomic E-state index is -3.37. The molecule has 0 saturated heterocycles. The third kappa shape index (κ3) is 8.84. The normalized spacial score (nSPS) is 11.8. The van der Waals surface area contributed by atoms with E-state index >= 15 is 0 Å². The molecule has 1 heterocycles. The summed E-state index contributed by atoms with van der Waals surface area (Å²) in [6.07, 6.45) is 0. The van der Waals surface area contributed by atoms with E-state index in [1.165, 1.54) is 4.88 Å². The van der Waals surface area contributed by atoms with Crippen molar-refractivity contribution in [1.82, 2.24) is 20.3 Å². The van der Waals surface area contributed by atoms with Gasteiger partial charge >= 0.3 is 0 Å². The lowest BCUT2D eigenvalue weighted by Crippen LogP contribution is -2.41. The summed E-state index contributed by atoms with van der Waals surface area (Å²) in [5, 5.41) is 7.13. The highest BCUT2D eigenvalue weighted by Gasteiger charge is 2.10. The largest absolute Gasteiger partial charge is 0.357 e. The zero-order chi connectivity index (χ0) is 19.7. The number of benzene rings is 1. The summed E-state index contributed by atoms with van der Waals surface area (Å²) < 4.78 is 26.9. The Bertz CT molecular complexity index is 835. The van der Waals surface area contributed by atoms with Crippen molar-refractivity contribution in [3.8, 4) is 0 Å². The van der Waals surface area contributed by atoms with E-state index < -0.39 is 10.0 Å². The summed E-state index contributed by atoms with van der Waals surface area (Å²) in [5.74, 6) is 0.556. The van der Waals surface area contributed by atoms with Crippen LogP contribution in [-0.2, 0) is 23.1 Å². The van der Waals surface area contributed by atoms with Gasteiger partial charge in [0.05, 0.1) is 18.0 Å². The van der Waals surface area contributed by atoms with Crippen LogP contribution in [0.15, 0.2) is 35.3 Å². The van der Waals surface area contributed by atoms with Crippen molar-refractivity contribution in [3.63, 3.8) is 0 Å².